The first-order chi connectivity index (χ1) is 9.22. The molecule has 22 heavy (non-hydrogen) atoms. The smallest absolute Gasteiger partial charge is 0.748 e. The summed E-state index contributed by atoms with van der Waals surface area (Å²) in [6.07, 6.45) is 0.165. The van der Waals surface area contributed by atoms with Gasteiger partial charge >= 0.3 is 18.9 Å². The number of aryl methyl sites for hydroxylation is 1. The van der Waals surface area contributed by atoms with Crippen LogP contribution in [0.15, 0.2) is 12.1 Å². The minimum atomic E-state index is -4.24. The van der Waals surface area contributed by atoms with Gasteiger partial charge in [-0.05, 0) is 33.9 Å². The second-order valence-electron chi connectivity index (χ2n) is 7.55. The standard InChI is InChI=1S/C16H26O4S.Li/c1-15(2,3)12-9-11(7-8-21(18,19)20)10-13(14(12)17)16(4,5)6;/h9-10,17H,7-8H2,1-6H3,(H,18,19,20);/q;+1/p-1. The van der Waals surface area contributed by atoms with Crippen LogP contribution < -0.4 is 18.9 Å². The number of phenolic OH excluding ortho intramolecular Hbond substituents is 1. The quantitative estimate of drug-likeness (QED) is 0.632. The van der Waals surface area contributed by atoms with E-state index in [1.807, 2.05) is 41.5 Å². The van der Waals surface area contributed by atoms with Crippen LogP contribution in [0.4, 0.5) is 0 Å². The van der Waals surface area contributed by atoms with Gasteiger partial charge in [-0.25, -0.2) is 8.42 Å². The van der Waals surface area contributed by atoms with E-state index in [9.17, 15) is 18.1 Å². The van der Waals surface area contributed by atoms with Gasteiger partial charge in [0, 0.05) is 5.75 Å². The number of aromatic hydroxyl groups is 1. The van der Waals surface area contributed by atoms with Crippen molar-refractivity contribution in [2.75, 3.05) is 5.75 Å². The summed E-state index contributed by atoms with van der Waals surface area (Å²) in [7, 11) is -4.24. The molecule has 1 rings (SSSR count). The molecule has 0 heterocycles. The zero-order valence-corrected chi connectivity index (χ0v) is 15.5. The molecule has 1 N–H and O–H groups in total. The van der Waals surface area contributed by atoms with Gasteiger partial charge in [0.2, 0.25) is 0 Å². The van der Waals surface area contributed by atoms with Crippen LogP contribution in [0, 0.1) is 0 Å². The number of hydrogen-bond donors (Lipinski definition) is 1. The molecule has 1 aromatic carbocycles. The largest absolute Gasteiger partial charge is 1.00 e. The fourth-order valence-electron chi connectivity index (χ4n) is 2.22. The molecule has 1 aromatic rings. The first-order valence-electron chi connectivity index (χ1n) is 7.02. The van der Waals surface area contributed by atoms with E-state index in [1.54, 1.807) is 12.1 Å². The Hall–Kier alpha value is -0.473. The molecule has 0 fully saturated rings. The molecule has 0 spiro atoms. The third kappa shape index (κ3) is 5.96. The van der Waals surface area contributed by atoms with Gasteiger partial charge in [-0.2, -0.15) is 0 Å². The average Bonchev–Trinajstić information content (AvgIpc) is 2.23. The predicted molar refractivity (Wildman–Crippen MR) is 83.8 cm³/mol. The molecule has 0 aromatic heterocycles. The van der Waals surface area contributed by atoms with Gasteiger partial charge in [0.25, 0.3) is 0 Å². The van der Waals surface area contributed by atoms with Crippen molar-refractivity contribution >= 4 is 10.1 Å². The second kappa shape index (κ2) is 6.96. The Morgan fingerprint density at radius 2 is 1.36 bits per heavy atom. The fourth-order valence-corrected chi connectivity index (χ4v) is 2.71. The Kier molecular flexibility index (Phi) is 6.81. The van der Waals surface area contributed by atoms with E-state index >= 15 is 0 Å². The summed E-state index contributed by atoms with van der Waals surface area (Å²) in [6, 6.07) is 3.60. The minimum Gasteiger partial charge on any atom is -0.748 e. The Balaban J connectivity index is 0.00000441. The van der Waals surface area contributed by atoms with Crippen molar-refractivity contribution in [2.24, 2.45) is 0 Å². The third-order valence-corrected chi connectivity index (χ3v) is 4.13. The summed E-state index contributed by atoms with van der Waals surface area (Å²) in [6.45, 7) is 11.9. The molecule has 0 bridgehead atoms. The Labute approximate surface area is 146 Å². The molecule has 0 saturated carbocycles. The average molecular weight is 320 g/mol. The fraction of sp³-hybridized carbons (Fsp3) is 0.625. The third-order valence-electron chi connectivity index (χ3n) is 3.43. The molecule has 120 valence electrons. The molecular weight excluding hydrogens is 295 g/mol. The van der Waals surface area contributed by atoms with Crippen LogP contribution in [0.1, 0.15) is 58.2 Å². The number of benzene rings is 1. The van der Waals surface area contributed by atoms with Gasteiger partial charge in [-0.1, -0.05) is 53.7 Å². The maximum absolute atomic E-state index is 10.8. The molecule has 0 radical (unpaired) electrons. The maximum Gasteiger partial charge on any atom is 1.00 e. The van der Waals surface area contributed by atoms with Crippen molar-refractivity contribution in [3.05, 3.63) is 28.8 Å². The SMILES string of the molecule is CC(C)(C)c1cc(CCS(=O)(=O)[O-])cc(C(C)(C)C)c1O.[Li+]. The molecule has 0 aliphatic carbocycles. The van der Waals surface area contributed by atoms with E-state index < -0.39 is 15.9 Å². The summed E-state index contributed by atoms with van der Waals surface area (Å²) in [5.74, 6) is -0.172. The van der Waals surface area contributed by atoms with Crippen molar-refractivity contribution < 1.29 is 36.9 Å². The van der Waals surface area contributed by atoms with Crippen LogP contribution in [-0.2, 0) is 27.4 Å². The van der Waals surface area contributed by atoms with Crippen LogP contribution in [0.25, 0.3) is 0 Å². The number of hydrogen-bond acceptors (Lipinski definition) is 4. The van der Waals surface area contributed by atoms with Crippen LogP contribution in [0.3, 0.4) is 0 Å². The topological polar surface area (TPSA) is 77.4 Å². The van der Waals surface area contributed by atoms with Gasteiger partial charge < -0.3 is 9.66 Å². The molecule has 4 nitrogen and oxygen atoms in total. The molecule has 0 unspecified atom stereocenters. The summed E-state index contributed by atoms with van der Waals surface area (Å²) >= 11 is 0. The van der Waals surface area contributed by atoms with Crippen molar-refractivity contribution in [1.82, 2.24) is 0 Å². The molecule has 0 atom stereocenters. The molecular formula is C16H25LiO4S. The summed E-state index contributed by atoms with van der Waals surface area (Å²) < 4.78 is 32.5. The molecule has 0 aliphatic heterocycles. The first-order valence-corrected chi connectivity index (χ1v) is 8.60. The maximum atomic E-state index is 10.8. The number of phenols is 1. The monoisotopic (exact) mass is 320 g/mol. The molecule has 0 saturated heterocycles. The van der Waals surface area contributed by atoms with E-state index in [-0.39, 0.29) is 41.9 Å². The van der Waals surface area contributed by atoms with E-state index in [1.165, 1.54) is 0 Å². The van der Waals surface area contributed by atoms with E-state index in [2.05, 4.69) is 0 Å². The number of rotatable bonds is 3. The van der Waals surface area contributed by atoms with E-state index in [4.69, 9.17) is 0 Å². The Morgan fingerprint density at radius 1 is 1.00 bits per heavy atom. The van der Waals surface area contributed by atoms with Crippen molar-refractivity contribution in [3.8, 4) is 5.75 Å². The molecule has 0 aliphatic rings. The van der Waals surface area contributed by atoms with Gasteiger partial charge in [-0.3, -0.25) is 0 Å². The van der Waals surface area contributed by atoms with E-state index in [0.29, 0.717) is 0 Å². The van der Waals surface area contributed by atoms with Crippen LogP contribution in [0.2, 0.25) is 0 Å². The Morgan fingerprint density at radius 3 is 1.64 bits per heavy atom. The van der Waals surface area contributed by atoms with Crippen LogP contribution in [-0.4, -0.2) is 23.8 Å². The van der Waals surface area contributed by atoms with E-state index in [0.717, 1.165) is 16.7 Å². The molecule has 6 heteroatoms. The summed E-state index contributed by atoms with van der Waals surface area (Å²) in [4.78, 5) is 0. The van der Waals surface area contributed by atoms with Gasteiger partial charge in [0.05, 0.1) is 10.1 Å². The summed E-state index contributed by atoms with van der Waals surface area (Å²) in [5.41, 5.74) is 1.77. The normalized spacial score (nSPS) is 12.9. The van der Waals surface area contributed by atoms with Crippen LogP contribution >= 0.6 is 0 Å². The Bertz CT molecular complexity index is 588. The van der Waals surface area contributed by atoms with Crippen LogP contribution in [0.5, 0.6) is 5.75 Å². The van der Waals surface area contributed by atoms with Gasteiger partial charge in [0.1, 0.15) is 5.75 Å². The second-order valence-corrected chi connectivity index (χ2v) is 9.07. The zero-order valence-electron chi connectivity index (χ0n) is 14.6. The van der Waals surface area contributed by atoms with Crippen molar-refractivity contribution in [2.45, 2.75) is 58.8 Å². The minimum absolute atomic E-state index is 0. The van der Waals surface area contributed by atoms with Gasteiger partial charge in [-0.15, -0.1) is 0 Å². The van der Waals surface area contributed by atoms with Crippen molar-refractivity contribution in [3.63, 3.8) is 0 Å². The van der Waals surface area contributed by atoms with Crippen molar-refractivity contribution in [1.29, 1.82) is 0 Å². The zero-order chi connectivity index (χ0) is 16.6. The first kappa shape index (κ1) is 21.5. The van der Waals surface area contributed by atoms with Gasteiger partial charge in [0.15, 0.2) is 0 Å². The molecule has 0 amide bonds. The predicted octanol–water partition coefficient (Wildman–Crippen LogP) is 0.0789. The summed E-state index contributed by atoms with van der Waals surface area (Å²) in [5, 5.41) is 10.5.